The Kier molecular flexibility index (Phi) is 8.36. The van der Waals surface area contributed by atoms with Crippen molar-refractivity contribution in [3.05, 3.63) is 64.7 Å². The smallest absolute Gasteiger partial charge is 0.329 e. The molecular weight excluding hydrogens is 392 g/mol. The quantitative estimate of drug-likeness (QED) is 0.369. The topological polar surface area (TPSA) is 99.7 Å². The van der Waals surface area contributed by atoms with Crippen LogP contribution in [0.3, 0.4) is 0 Å². The molecule has 2 aromatic carbocycles. The molecule has 2 aromatic rings. The zero-order chi connectivity index (χ0) is 21.2. The van der Waals surface area contributed by atoms with E-state index in [2.05, 4.69) is 21.2 Å². The number of hydrogen-bond acceptors (Lipinski definition) is 4. The van der Waals surface area contributed by atoms with Gasteiger partial charge in [-0.25, -0.2) is 5.43 Å². The fourth-order valence-electron chi connectivity index (χ4n) is 2.35. The standard InChI is InChI=1S/C21H23ClN4O3/c1-3-15-6-10-18(11-7-15)24-20(28)21(29)26-25-14(2)12-19(27)23-13-16-4-8-17(22)9-5-16/h4-11H,3,12-13H2,1-2H3,(H,23,27)(H,24,28)(H,26,29)/b25-14-. The number of halogens is 1. The van der Waals surface area contributed by atoms with Crippen LogP contribution in [0, 0.1) is 0 Å². The molecule has 0 aliphatic heterocycles. The molecule has 3 amide bonds. The second kappa shape index (κ2) is 11.0. The van der Waals surface area contributed by atoms with Crippen molar-refractivity contribution in [2.75, 3.05) is 5.32 Å². The number of benzene rings is 2. The molecule has 8 heteroatoms. The summed E-state index contributed by atoms with van der Waals surface area (Å²) in [6.45, 7) is 3.97. The number of hydrogen-bond donors (Lipinski definition) is 3. The van der Waals surface area contributed by atoms with Crippen LogP contribution >= 0.6 is 11.6 Å². The van der Waals surface area contributed by atoms with E-state index in [1.807, 2.05) is 31.2 Å². The highest BCUT2D eigenvalue weighted by molar-refractivity contribution is 6.39. The summed E-state index contributed by atoms with van der Waals surface area (Å²) in [4.78, 5) is 35.7. The fraction of sp³-hybridized carbons (Fsp3) is 0.238. The normalized spacial score (nSPS) is 10.9. The van der Waals surface area contributed by atoms with Crippen molar-refractivity contribution in [3.63, 3.8) is 0 Å². The summed E-state index contributed by atoms with van der Waals surface area (Å²) in [5, 5.41) is 9.66. The Morgan fingerprint density at radius 2 is 1.55 bits per heavy atom. The highest BCUT2D eigenvalue weighted by atomic mass is 35.5. The van der Waals surface area contributed by atoms with E-state index >= 15 is 0 Å². The number of nitrogens with zero attached hydrogens (tertiary/aromatic N) is 1. The van der Waals surface area contributed by atoms with E-state index in [0.717, 1.165) is 17.5 Å². The van der Waals surface area contributed by atoms with Crippen LogP contribution < -0.4 is 16.1 Å². The van der Waals surface area contributed by atoms with Gasteiger partial charge in [-0.05, 0) is 48.7 Å². The van der Waals surface area contributed by atoms with Gasteiger partial charge < -0.3 is 10.6 Å². The first-order valence-corrected chi connectivity index (χ1v) is 9.49. The van der Waals surface area contributed by atoms with Crippen LogP contribution in [-0.2, 0) is 27.3 Å². The average molecular weight is 415 g/mol. The van der Waals surface area contributed by atoms with E-state index in [9.17, 15) is 14.4 Å². The van der Waals surface area contributed by atoms with Gasteiger partial charge in [0.15, 0.2) is 0 Å². The first-order chi connectivity index (χ1) is 13.9. The van der Waals surface area contributed by atoms with E-state index in [0.29, 0.717) is 23.0 Å². The summed E-state index contributed by atoms with van der Waals surface area (Å²) in [6.07, 6.45) is 0.879. The highest BCUT2D eigenvalue weighted by Gasteiger charge is 2.13. The Balaban J connectivity index is 1.76. The lowest BCUT2D eigenvalue weighted by Gasteiger charge is -2.07. The molecule has 0 saturated carbocycles. The monoisotopic (exact) mass is 414 g/mol. The summed E-state index contributed by atoms with van der Waals surface area (Å²) in [5.41, 5.74) is 5.08. The van der Waals surface area contributed by atoms with E-state index in [1.54, 1.807) is 31.2 Å². The van der Waals surface area contributed by atoms with Gasteiger partial charge in [-0.1, -0.05) is 42.8 Å². The maximum Gasteiger partial charge on any atom is 0.329 e. The second-order valence-electron chi connectivity index (χ2n) is 6.37. The van der Waals surface area contributed by atoms with Crippen LogP contribution in [0.25, 0.3) is 0 Å². The van der Waals surface area contributed by atoms with E-state index in [4.69, 9.17) is 11.6 Å². The summed E-state index contributed by atoms with van der Waals surface area (Å²) >= 11 is 5.82. The molecule has 0 fully saturated rings. The molecule has 0 spiro atoms. The van der Waals surface area contributed by atoms with Gasteiger partial charge in [-0.3, -0.25) is 14.4 Å². The van der Waals surface area contributed by atoms with Crippen molar-refractivity contribution in [1.29, 1.82) is 0 Å². The molecule has 0 unspecified atom stereocenters. The van der Waals surface area contributed by atoms with E-state index in [-0.39, 0.29) is 12.3 Å². The Morgan fingerprint density at radius 1 is 0.931 bits per heavy atom. The molecule has 7 nitrogen and oxygen atoms in total. The van der Waals surface area contributed by atoms with E-state index in [1.165, 1.54) is 0 Å². The van der Waals surface area contributed by atoms with Crippen LogP contribution in [0.15, 0.2) is 53.6 Å². The molecule has 152 valence electrons. The Hall–Kier alpha value is -3.19. The van der Waals surface area contributed by atoms with Crippen molar-refractivity contribution in [1.82, 2.24) is 10.7 Å². The van der Waals surface area contributed by atoms with Crippen LogP contribution in [0.2, 0.25) is 5.02 Å². The molecule has 29 heavy (non-hydrogen) atoms. The molecule has 0 bridgehead atoms. The maximum atomic E-state index is 12.0. The molecule has 0 aliphatic carbocycles. The highest BCUT2D eigenvalue weighted by Crippen LogP contribution is 2.10. The molecule has 0 radical (unpaired) electrons. The van der Waals surface area contributed by atoms with Gasteiger partial charge in [0.2, 0.25) is 5.91 Å². The molecule has 0 saturated heterocycles. The third-order valence-electron chi connectivity index (χ3n) is 3.99. The van der Waals surface area contributed by atoms with Gasteiger partial charge in [0, 0.05) is 23.0 Å². The molecule has 0 aromatic heterocycles. The number of nitrogens with one attached hydrogen (secondary N) is 3. The van der Waals surface area contributed by atoms with Gasteiger partial charge >= 0.3 is 11.8 Å². The lowest BCUT2D eigenvalue weighted by Crippen LogP contribution is -2.33. The lowest BCUT2D eigenvalue weighted by molar-refractivity contribution is -0.136. The molecular formula is C21H23ClN4O3. The Morgan fingerprint density at radius 3 is 2.17 bits per heavy atom. The van der Waals surface area contributed by atoms with Gasteiger partial charge in [-0.2, -0.15) is 5.10 Å². The summed E-state index contributed by atoms with van der Waals surface area (Å²) in [7, 11) is 0. The molecule has 0 heterocycles. The third-order valence-corrected chi connectivity index (χ3v) is 4.25. The minimum Gasteiger partial charge on any atom is -0.352 e. The molecule has 0 atom stereocenters. The third kappa shape index (κ3) is 7.75. The van der Waals surface area contributed by atoms with Gasteiger partial charge in [0.05, 0.1) is 6.42 Å². The zero-order valence-electron chi connectivity index (χ0n) is 16.3. The summed E-state index contributed by atoms with van der Waals surface area (Å²) in [5.74, 6) is -2.00. The van der Waals surface area contributed by atoms with Gasteiger partial charge in [0.25, 0.3) is 0 Å². The number of rotatable bonds is 7. The van der Waals surface area contributed by atoms with Crippen LogP contribution in [0.1, 0.15) is 31.4 Å². The minimum absolute atomic E-state index is 0.00598. The maximum absolute atomic E-state index is 12.0. The molecule has 2 rings (SSSR count). The summed E-state index contributed by atoms with van der Waals surface area (Å²) < 4.78 is 0. The first kappa shape index (κ1) is 22.1. The zero-order valence-corrected chi connectivity index (χ0v) is 17.0. The summed E-state index contributed by atoms with van der Waals surface area (Å²) in [6, 6.07) is 14.3. The van der Waals surface area contributed by atoms with Gasteiger partial charge in [0.1, 0.15) is 0 Å². The van der Waals surface area contributed by atoms with Crippen LogP contribution in [-0.4, -0.2) is 23.4 Å². The second-order valence-corrected chi connectivity index (χ2v) is 6.81. The number of carbonyl (C=O) groups is 3. The number of aryl methyl sites for hydroxylation is 1. The van der Waals surface area contributed by atoms with Crippen LogP contribution in [0.4, 0.5) is 5.69 Å². The molecule has 3 N–H and O–H groups in total. The Bertz CT molecular complexity index is 893. The number of anilines is 1. The number of hydrazone groups is 1. The SMILES string of the molecule is CCc1ccc(NC(=O)C(=O)N/N=C(/C)CC(=O)NCc2ccc(Cl)cc2)cc1. The van der Waals surface area contributed by atoms with Crippen molar-refractivity contribution in [2.45, 2.75) is 33.2 Å². The number of carbonyl (C=O) groups excluding carboxylic acids is 3. The fourth-order valence-corrected chi connectivity index (χ4v) is 2.47. The average Bonchev–Trinajstić information content (AvgIpc) is 2.72. The van der Waals surface area contributed by atoms with Crippen LogP contribution in [0.5, 0.6) is 0 Å². The van der Waals surface area contributed by atoms with Crippen molar-refractivity contribution < 1.29 is 14.4 Å². The first-order valence-electron chi connectivity index (χ1n) is 9.12. The predicted octanol–water partition coefficient (Wildman–Crippen LogP) is 3.04. The van der Waals surface area contributed by atoms with Crippen molar-refractivity contribution in [3.8, 4) is 0 Å². The minimum atomic E-state index is -0.912. The number of amides is 3. The Labute approximate surface area is 174 Å². The van der Waals surface area contributed by atoms with Gasteiger partial charge in [-0.15, -0.1) is 0 Å². The van der Waals surface area contributed by atoms with Crippen molar-refractivity contribution in [2.24, 2.45) is 5.10 Å². The van der Waals surface area contributed by atoms with E-state index < -0.39 is 11.8 Å². The molecule has 0 aliphatic rings. The predicted molar refractivity (Wildman–Crippen MR) is 114 cm³/mol. The lowest BCUT2D eigenvalue weighted by atomic mass is 10.1. The van der Waals surface area contributed by atoms with Crippen molar-refractivity contribution >= 4 is 40.7 Å². The largest absolute Gasteiger partial charge is 0.352 e.